The van der Waals surface area contributed by atoms with Crippen molar-refractivity contribution in [2.24, 2.45) is 0 Å². The van der Waals surface area contributed by atoms with E-state index in [0.29, 0.717) is 11.3 Å². The summed E-state index contributed by atoms with van der Waals surface area (Å²) in [6.07, 6.45) is -1.05. The van der Waals surface area contributed by atoms with Crippen molar-refractivity contribution in [2.45, 2.75) is 38.8 Å². The molecule has 0 saturated heterocycles. The Bertz CT molecular complexity index is 592. The summed E-state index contributed by atoms with van der Waals surface area (Å²) in [7, 11) is 1.18. The SMILES string of the molecule is COC(=O)[C@@H](CC(=O)c1cccc(N)c1)NC(=O)OC(C)(C)C. The van der Waals surface area contributed by atoms with Gasteiger partial charge in [-0.05, 0) is 32.9 Å². The van der Waals surface area contributed by atoms with Gasteiger partial charge in [0.25, 0.3) is 0 Å². The van der Waals surface area contributed by atoms with Crippen molar-refractivity contribution in [3.8, 4) is 0 Å². The molecule has 0 radical (unpaired) electrons. The van der Waals surface area contributed by atoms with Crippen molar-refractivity contribution < 1.29 is 23.9 Å². The van der Waals surface area contributed by atoms with Gasteiger partial charge in [0.15, 0.2) is 5.78 Å². The first kappa shape index (κ1) is 18.5. The number of amides is 1. The Labute approximate surface area is 135 Å². The van der Waals surface area contributed by atoms with E-state index in [1.165, 1.54) is 13.2 Å². The van der Waals surface area contributed by atoms with Gasteiger partial charge in [0.2, 0.25) is 0 Å². The Morgan fingerprint density at radius 3 is 2.43 bits per heavy atom. The fourth-order valence-electron chi connectivity index (χ4n) is 1.80. The highest BCUT2D eigenvalue weighted by molar-refractivity contribution is 6.00. The van der Waals surface area contributed by atoms with Crippen molar-refractivity contribution in [1.29, 1.82) is 0 Å². The third-order valence-corrected chi connectivity index (χ3v) is 2.77. The Morgan fingerprint density at radius 2 is 1.91 bits per heavy atom. The highest BCUT2D eigenvalue weighted by atomic mass is 16.6. The smallest absolute Gasteiger partial charge is 0.408 e. The third kappa shape index (κ3) is 6.37. The minimum atomic E-state index is -1.14. The van der Waals surface area contributed by atoms with E-state index in [2.05, 4.69) is 10.1 Å². The second-order valence-corrected chi connectivity index (χ2v) is 5.97. The second-order valence-electron chi connectivity index (χ2n) is 5.97. The molecule has 0 unspecified atom stereocenters. The van der Waals surface area contributed by atoms with E-state index >= 15 is 0 Å². The zero-order valence-electron chi connectivity index (χ0n) is 13.7. The van der Waals surface area contributed by atoms with Crippen LogP contribution in [0, 0.1) is 0 Å². The normalized spacial score (nSPS) is 12.2. The summed E-state index contributed by atoms with van der Waals surface area (Å²) in [5.74, 6) is -1.07. The number of alkyl carbamates (subject to hydrolysis) is 1. The maximum absolute atomic E-state index is 12.2. The van der Waals surface area contributed by atoms with Crippen LogP contribution in [0.4, 0.5) is 10.5 Å². The minimum Gasteiger partial charge on any atom is -0.467 e. The van der Waals surface area contributed by atoms with Crippen LogP contribution in [-0.2, 0) is 14.3 Å². The molecular formula is C16H22N2O5. The number of nitrogens with two attached hydrogens (primary N) is 1. The molecule has 3 N–H and O–H groups in total. The van der Waals surface area contributed by atoms with Gasteiger partial charge >= 0.3 is 12.1 Å². The molecule has 7 nitrogen and oxygen atoms in total. The summed E-state index contributed by atoms with van der Waals surface area (Å²) in [4.78, 5) is 35.8. The van der Waals surface area contributed by atoms with Gasteiger partial charge in [-0.3, -0.25) is 4.79 Å². The highest BCUT2D eigenvalue weighted by Crippen LogP contribution is 2.12. The Morgan fingerprint density at radius 1 is 1.26 bits per heavy atom. The topological polar surface area (TPSA) is 108 Å². The quantitative estimate of drug-likeness (QED) is 0.487. The average Bonchev–Trinajstić information content (AvgIpc) is 2.43. The Balaban J connectivity index is 2.81. The number of ether oxygens (including phenoxy) is 2. The zero-order chi connectivity index (χ0) is 17.6. The molecule has 1 atom stereocenters. The van der Waals surface area contributed by atoms with Crippen LogP contribution in [0.15, 0.2) is 24.3 Å². The van der Waals surface area contributed by atoms with E-state index < -0.39 is 23.7 Å². The highest BCUT2D eigenvalue weighted by Gasteiger charge is 2.27. The van der Waals surface area contributed by atoms with Crippen molar-refractivity contribution in [3.63, 3.8) is 0 Å². The van der Waals surface area contributed by atoms with E-state index in [1.54, 1.807) is 39.0 Å². The number of nitrogen functional groups attached to an aromatic ring is 1. The molecule has 23 heavy (non-hydrogen) atoms. The lowest BCUT2D eigenvalue weighted by Gasteiger charge is -2.22. The van der Waals surface area contributed by atoms with Crippen LogP contribution < -0.4 is 11.1 Å². The number of hydrogen-bond acceptors (Lipinski definition) is 6. The molecule has 0 aromatic heterocycles. The maximum atomic E-state index is 12.2. The van der Waals surface area contributed by atoms with Crippen LogP contribution in [0.5, 0.6) is 0 Å². The number of ketones is 1. The van der Waals surface area contributed by atoms with Crippen LogP contribution in [0.25, 0.3) is 0 Å². The molecule has 0 saturated carbocycles. The van der Waals surface area contributed by atoms with E-state index in [-0.39, 0.29) is 12.2 Å². The molecule has 0 aliphatic carbocycles. The summed E-state index contributed by atoms with van der Waals surface area (Å²) in [6, 6.07) is 5.23. The number of carbonyl (C=O) groups is 3. The summed E-state index contributed by atoms with van der Waals surface area (Å²) >= 11 is 0. The molecule has 7 heteroatoms. The summed E-state index contributed by atoms with van der Waals surface area (Å²) in [6.45, 7) is 5.08. The lowest BCUT2D eigenvalue weighted by Crippen LogP contribution is -2.45. The van der Waals surface area contributed by atoms with Gasteiger partial charge in [0, 0.05) is 17.7 Å². The van der Waals surface area contributed by atoms with Gasteiger partial charge in [-0.25, -0.2) is 9.59 Å². The van der Waals surface area contributed by atoms with E-state index in [4.69, 9.17) is 10.5 Å². The molecule has 0 spiro atoms. The zero-order valence-corrected chi connectivity index (χ0v) is 13.7. The molecule has 1 aromatic carbocycles. The monoisotopic (exact) mass is 322 g/mol. The minimum absolute atomic E-state index is 0.255. The number of nitrogens with one attached hydrogen (secondary N) is 1. The molecular weight excluding hydrogens is 300 g/mol. The predicted octanol–water partition coefficient (Wildman–Crippen LogP) is 1.91. The molecule has 1 aromatic rings. The first-order valence-electron chi connectivity index (χ1n) is 7.08. The van der Waals surface area contributed by atoms with Crippen LogP contribution in [0.3, 0.4) is 0 Å². The number of anilines is 1. The maximum Gasteiger partial charge on any atom is 0.408 e. The van der Waals surface area contributed by atoms with E-state index in [9.17, 15) is 14.4 Å². The lowest BCUT2D eigenvalue weighted by molar-refractivity contribution is -0.143. The van der Waals surface area contributed by atoms with Crippen molar-refractivity contribution in [1.82, 2.24) is 5.32 Å². The number of hydrogen-bond donors (Lipinski definition) is 2. The Hall–Kier alpha value is -2.57. The van der Waals surface area contributed by atoms with Crippen LogP contribution in [0.2, 0.25) is 0 Å². The number of benzene rings is 1. The fourth-order valence-corrected chi connectivity index (χ4v) is 1.80. The molecule has 0 fully saturated rings. The molecule has 0 bridgehead atoms. The van der Waals surface area contributed by atoms with Gasteiger partial charge < -0.3 is 20.5 Å². The number of rotatable bonds is 5. The van der Waals surface area contributed by atoms with E-state index in [0.717, 1.165) is 0 Å². The molecule has 0 aliphatic rings. The van der Waals surface area contributed by atoms with Gasteiger partial charge in [-0.2, -0.15) is 0 Å². The van der Waals surface area contributed by atoms with Crippen LogP contribution in [0.1, 0.15) is 37.6 Å². The van der Waals surface area contributed by atoms with Gasteiger partial charge in [-0.1, -0.05) is 12.1 Å². The van der Waals surface area contributed by atoms with Gasteiger partial charge in [0.1, 0.15) is 11.6 Å². The average molecular weight is 322 g/mol. The van der Waals surface area contributed by atoms with Crippen LogP contribution in [-0.4, -0.2) is 36.6 Å². The molecule has 1 rings (SSSR count). The van der Waals surface area contributed by atoms with Gasteiger partial charge in [-0.15, -0.1) is 0 Å². The summed E-state index contributed by atoms with van der Waals surface area (Å²) in [5, 5.41) is 2.35. The molecule has 0 heterocycles. The Kier molecular flexibility index (Phi) is 6.12. The van der Waals surface area contributed by atoms with Crippen molar-refractivity contribution in [2.75, 3.05) is 12.8 Å². The largest absolute Gasteiger partial charge is 0.467 e. The molecule has 0 aliphatic heterocycles. The number of Topliss-reactive ketones (excluding diaryl/α,β-unsaturated/α-hetero) is 1. The van der Waals surface area contributed by atoms with Gasteiger partial charge in [0.05, 0.1) is 7.11 Å². The van der Waals surface area contributed by atoms with E-state index in [1.807, 2.05) is 0 Å². The predicted molar refractivity (Wildman–Crippen MR) is 85.0 cm³/mol. The van der Waals surface area contributed by atoms with Crippen molar-refractivity contribution in [3.05, 3.63) is 29.8 Å². The first-order chi connectivity index (χ1) is 10.6. The third-order valence-electron chi connectivity index (χ3n) is 2.77. The lowest BCUT2D eigenvalue weighted by atomic mass is 10.0. The molecule has 1 amide bonds. The van der Waals surface area contributed by atoms with Crippen molar-refractivity contribution >= 4 is 23.5 Å². The molecule has 126 valence electrons. The first-order valence-corrected chi connectivity index (χ1v) is 7.08. The fraction of sp³-hybridized carbons (Fsp3) is 0.438. The summed E-state index contributed by atoms with van der Waals surface area (Å²) < 4.78 is 9.70. The number of carbonyl (C=O) groups excluding carboxylic acids is 3. The van der Waals surface area contributed by atoms with Crippen LogP contribution >= 0.6 is 0 Å². The standard InChI is InChI=1S/C16H22N2O5/c1-16(2,3)23-15(21)18-12(14(20)22-4)9-13(19)10-6-5-7-11(17)8-10/h5-8,12H,9,17H2,1-4H3,(H,18,21)/t12-/m1/s1. The second kappa shape index (κ2) is 7.62. The number of methoxy groups -OCH3 is 1. The summed E-state index contributed by atoms with van der Waals surface area (Å²) in [5.41, 5.74) is 5.70. The number of esters is 1.